The molecule has 0 unspecified atom stereocenters. The topological polar surface area (TPSA) is 72.5 Å². The number of carbonyl (C=O) groups is 1. The average Bonchev–Trinajstić information content (AvgIpc) is 3.13. The van der Waals surface area contributed by atoms with E-state index in [1.807, 2.05) is 18.2 Å². The first-order valence-electron chi connectivity index (χ1n) is 8.47. The molecule has 0 atom stereocenters. The zero-order chi connectivity index (χ0) is 20.3. The van der Waals surface area contributed by atoms with Crippen LogP contribution in [-0.2, 0) is 14.8 Å². The van der Waals surface area contributed by atoms with Gasteiger partial charge in [0.15, 0.2) is 0 Å². The van der Waals surface area contributed by atoms with Crippen molar-refractivity contribution in [1.29, 1.82) is 0 Å². The minimum Gasteiger partial charge on any atom is -0.462 e. The zero-order valence-corrected chi connectivity index (χ0v) is 17.6. The Morgan fingerprint density at radius 1 is 1.14 bits per heavy atom. The molecular formula is C20H18ClNO4S2. The molecule has 3 rings (SSSR count). The molecule has 0 aliphatic rings. The van der Waals surface area contributed by atoms with E-state index >= 15 is 0 Å². The normalized spacial score (nSPS) is 11.2. The molecule has 1 heterocycles. The van der Waals surface area contributed by atoms with Crippen LogP contribution in [0.25, 0.3) is 11.1 Å². The third-order valence-electron chi connectivity index (χ3n) is 4.07. The first-order chi connectivity index (χ1) is 13.3. The molecule has 0 saturated carbocycles. The highest BCUT2D eigenvalue weighted by Crippen LogP contribution is 2.37. The van der Waals surface area contributed by atoms with Crippen LogP contribution in [0.3, 0.4) is 0 Å². The van der Waals surface area contributed by atoms with E-state index in [2.05, 4.69) is 4.72 Å². The summed E-state index contributed by atoms with van der Waals surface area (Å²) in [5, 5.41) is 2.10. The maximum absolute atomic E-state index is 13.3. The molecule has 0 aliphatic heterocycles. The summed E-state index contributed by atoms with van der Waals surface area (Å²) in [5.41, 5.74) is 2.09. The smallest absolute Gasteiger partial charge is 0.349 e. The van der Waals surface area contributed by atoms with Crippen molar-refractivity contribution in [3.63, 3.8) is 0 Å². The van der Waals surface area contributed by atoms with E-state index in [9.17, 15) is 13.2 Å². The molecule has 1 aromatic heterocycles. The van der Waals surface area contributed by atoms with Gasteiger partial charge in [-0.25, -0.2) is 13.2 Å². The Labute approximate surface area is 173 Å². The molecule has 0 spiro atoms. The van der Waals surface area contributed by atoms with Crippen LogP contribution in [0.4, 0.5) is 5.69 Å². The van der Waals surface area contributed by atoms with E-state index in [0.29, 0.717) is 27.4 Å². The third kappa shape index (κ3) is 4.06. The van der Waals surface area contributed by atoms with Gasteiger partial charge in [-0.2, -0.15) is 0 Å². The number of esters is 1. The molecule has 8 heteroatoms. The molecule has 0 amide bonds. The number of hydrogen-bond donors (Lipinski definition) is 1. The van der Waals surface area contributed by atoms with Crippen molar-refractivity contribution in [2.45, 2.75) is 18.7 Å². The Morgan fingerprint density at radius 3 is 2.54 bits per heavy atom. The lowest BCUT2D eigenvalue weighted by Gasteiger charge is -2.13. The summed E-state index contributed by atoms with van der Waals surface area (Å²) in [6, 6.07) is 14.0. The highest BCUT2D eigenvalue weighted by molar-refractivity contribution is 7.93. The maximum Gasteiger partial charge on any atom is 0.349 e. The SMILES string of the molecule is CCOC(=O)c1scc(-c2ccccc2)c1S(=O)(=O)Nc1cccc(Cl)c1C. The molecule has 0 saturated heterocycles. The standard InChI is InChI=1S/C20H18ClNO4S2/c1-3-26-20(23)18-19(15(12-27-18)14-8-5-4-6-9-14)28(24,25)22-17-11-7-10-16(21)13(17)2/h4-12,22H,3H2,1-2H3. The van der Waals surface area contributed by atoms with Crippen molar-refractivity contribution in [3.8, 4) is 11.1 Å². The molecule has 0 fully saturated rings. The monoisotopic (exact) mass is 435 g/mol. The van der Waals surface area contributed by atoms with Crippen molar-refractivity contribution in [1.82, 2.24) is 0 Å². The Morgan fingerprint density at radius 2 is 1.86 bits per heavy atom. The zero-order valence-electron chi connectivity index (χ0n) is 15.2. The first kappa shape index (κ1) is 20.4. The van der Waals surface area contributed by atoms with Crippen LogP contribution >= 0.6 is 22.9 Å². The van der Waals surface area contributed by atoms with Crippen LogP contribution < -0.4 is 4.72 Å². The minimum absolute atomic E-state index is 0.0351. The van der Waals surface area contributed by atoms with Gasteiger partial charge in [0.2, 0.25) is 0 Å². The molecule has 0 aliphatic carbocycles. The van der Waals surface area contributed by atoms with Crippen LogP contribution in [0.15, 0.2) is 58.8 Å². The fraction of sp³-hybridized carbons (Fsp3) is 0.150. The minimum atomic E-state index is -4.08. The van der Waals surface area contributed by atoms with Gasteiger partial charge in [0.25, 0.3) is 10.0 Å². The van der Waals surface area contributed by atoms with Crippen molar-refractivity contribution >= 4 is 44.6 Å². The highest BCUT2D eigenvalue weighted by Gasteiger charge is 2.30. The number of nitrogens with one attached hydrogen (secondary N) is 1. The van der Waals surface area contributed by atoms with E-state index in [4.69, 9.17) is 16.3 Å². The lowest BCUT2D eigenvalue weighted by molar-refractivity contribution is 0.0528. The Bertz CT molecular complexity index is 1110. The van der Waals surface area contributed by atoms with Gasteiger partial charge in [0.1, 0.15) is 9.77 Å². The molecular weight excluding hydrogens is 418 g/mol. The molecule has 5 nitrogen and oxygen atoms in total. The number of anilines is 1. The number of ether oxygens (including phenoxy) is 1. The number of carbonyl (C=O) groups excluding carboxylic acids is 1. The number of halogens is 1. The van der Waals surface area contributed by atoms with Crippen LogP contribution in [0.2, 0.25) is 5.02 Å². The molecule has 0 radical (unpaired) electrons. The molecule has 0 bridgehead atoms. The van der Waals surface area contributed by atoms with Crippen molar-refractivity contribution < 1.29 is 17.9 Å². The van der Waals surface area contributed by atoms with Gasteiger partial charge < -0.3 is 4.74 Å². The quantitative estimate of drug-likeness (QED) is 0.529. The predicted octanol–water partition coefficient (Wildman–Crippen LogP) is 5.35. The molecule has 1 N–H and O–H groups in total. The van der Waals surface area contributed by atoms with Crippen molar-refractivity contribution in [3.05, 3.63) is 69.4 Å². The number of sulfonamides is 1. The van der Waals surface area contributed by atoms with Crippen LogP contribution in [0.1, 0.15) is 22.2 Å². The largest absolute Gasteiger partial charge is 0.462 e. The Balaban J connectivity index is 2.16. The number of rotatable bonds is 6. The summed E-state index contributed by atoms with van der Waals surface area (Å²) in [7, 11) is -4.08. The summed E-state index contributed by atoms with van der Waals surface area (Å²) < 4.78 is 34.2. The van der Waals surface area contributed by atoms with Gasteiger partial charge in [-0.15, -0.1) is 11.3 Å². The second-order valence-corrected chi connectivity index (χ2v) is 8.82. The van der Waals surface area contributed by atoms with Gasteiger partial charge in [-0.3, -0.25) is 4.72 Å². The first-order valence-corrected chi connectivity index (χ1v) is 11.2. The second kappa shape index (κ2) is 8.34. The van der Waals surface area contributed by atoms with E-state index in [1.165, 1.54) is 0 Å². The summed E-state index contributed by atoms with van der Waals surface area (Å²) in [6.45, 7) is 3.54. The number of thiophene rings is 1. The van der Waals surface area contributed by atoms with E-state index in [0.717, 1.165) is 11.3 Å². The van der Waals surface area contributed by atoms with Crippen LogP contribution in [0.5, 0.6) is 0 Å². The molecule has 3 aromatic rings. The van der Waals surface area contributed by atoms with E-state index < -0.39 is 16.0 Å². The van der Waals surface area contributed by atoms with Gasteiger partial charge in [-0.05, 0) is 37.1 Å². The summed E-state index contributed by atoms with van der Waals surface area (Å²) in [5.74, 6) is -0.669. The van der Waals surface area contributed by atoms with Gasteiger partial charge in [0, 0.05) is 16.0 Å². The van der Waals surface area contributed by atoms with E-state index in [-0.39, 0.29) is 16.4 Å². The van der Waals surface area contributed by atoms with Gasteiger partial charge >= 0.3 is 5.97 Å². The lowest BCUT2D eigenvalue weighted by atomic mass is 10.1. The predicted molar refractivity (Wildman–Crippen MR) is 113 cm³/mol. The maximum atomic E-state index is 13.3. The Hall–Kier alpha value is -2.35. The molecule has 2 aromatic carbocycles. The summed E-state index contributed by atoms with van der Waals surface area (Å²) in [4.78, 5) is 12.3. The Kier molecular flexibility index (Phi) is 6.07. The second-order valence-electron chi connectivity index (χ2n) is 5.91. The van der Waals surface area contributed by atoms with Crippen LogP contribution in [0, 0.1) is 6.92 Å². The van der Waals surface area contributed by atoms with Crippen molar-refractivity contribution in [2.75, 3.05) is 11.3 Å². The van der Waals surface area contributed by atoms with Crippen molar-refractivity contribution in [2.24, 2.45) is 0 Å². The number of hydrogen-bond acceptors (Lipinski definition) is 5. The van der Waals surface area contributed by atoms with Crippen LogP contribution in [-0.4, -0.2) is 21.0 Å². The molecule has 146 valence electrons. The third-order valence-corrected chi connectivity index (χ3v) is 7.02. The van der Waals surface area contributed by atoms with Gasteiger partial charge in [-0.1, -0.05) is 48.0 Å². The fourth-order valence-electron chi connectivity index (χ4n) is 2.68. The summed E-state index contributed by atoms with van der Waals surface area (Å²) in [6.07, 6.45) is 0. The fourth-order valence-corrected chi connectivity index (χ4v) is 5.67. The molecule has 28 heavy (non-hydrogen) atoms. The average molecular weight is 436 g/mol. The van der Waals surface area contributed by atoms with Gasteiger partial charge in [0.05, 0.1) is 12.3 Å². The summed E-state index contributed by atoms with van der Waals surface area (Å²) >= 11 is 7.15. The lowest BCUT2D eigenvalue weighted by Crippen LogP contribution is -2.17. The number of benzene rings is 2. The highest BCUT2D eigenvalue weighted by atomic mass is 35.5. The van der Waals surface area contributed by atoms with E-state index in [1.54, 1.807) is 49.6 Å².